The molecule has 0 spiro atoms. The first-order valence-electron chi connectivity index (χ1n) is 14.0. The molecule has 7 nitrogen and oxygen atoms in total. The van der Waals surface area contributed by atoms with E-state index in [1.807, 2.05) is 6.07 Å². The number of likely N-dealkylation sites (tertiary alicyclic amines) is 1. The highest BCUT2D eigenvalue weighted by Gasteiger charge is 2.32. The lowest BCUT2D eigenvalue weighted by atomic mass is 10.0. The van der Waals surface area contributed by atoms with E-state index in [0.717, 1.165) is 49.6 Å². The summed E-state index contributed by atoms with van der Waals surface area (Å²) in [7, 11) is -3.73. The Morgan fingerprint density at radius 1 is 1.09 bits per heavy atom. The number of benzene rings is 2. The van der Waals surface area contributed by atoms with Crippen LogP contribution in [-0.2, 0) is 16.3 Å². The van der Waals surface area contributed by atoms with Crippen molar-refractivity contribution in [2.24, 2.45) is 0 Å². The van der Waals surface area contributed by atoms with Gasteiger partial charge in [0.1, 0.15) is 5.75 Å². The van der Waals surface area contributed by atoms with Crippen molar-refractivity contribution < 1.29 is 44.6 Å². The molecule has 1 aliphatic rings. The molecule has 0 radical (unpaired) electrons. The van der Waals surface area contributed by atoms with Crippen molar-refractivity contribution in [3.63, 3.8) is 0 Å². The number of sulfone groups is 1. The molecular weight excluding hydrogens is 644 g/mol. The van der Waals surface area contributed by atoms with E-state index in [-0.39, 0.29) is 39.4 Å². The third-order valence-electron chi connectivity index (χ3n) is 7.01. The number of halogens is 6. The molecule has 1 fully saturated rings. The number of aliphatic hydroxyl groups is 1. The molecule has 0 amide bonds. The largest absolute Gasteiger partial charge is 0.482 e. The van der Waals surface area contributed by atoms with E-state index in [0.29, 0.717) is 22.3 Å². The summed E-state index contributed by atoms with van der Waals surface area (Å²) in [6.07, 6.45) is -8.26. The van der Waals surface area contributed by atoms with Crippen molar-refractivity contribution in [1.29, 1.82) is 0 Å². The summed E-state index contributed by atoms with van der Waals surface area (Å²) in [5.41, 5.74) is 0.786. The first-order chi connectivity index (χ1) is 21.0. The Labute approximate surface area is 261 Å². The fourth-order valence-corrected chi connectivity index (χ4v) is 6.84. The van der Waals surface area contributed by atoms with Gasteiger partial charge in [0, 0.05) is 38.0 Å². The van der Waals surface area contributed by atoms with Crippen LogP contribution in [0.1, 0.15) is 30.2 Å². The number of nitrogens with zero attached hydrogens (tertiary/aromatic N) is 1. The zero-order valence-corrected chi connectivity index (χ0v) is 26.1. The zero-order valence-electron chi connectivity index (χ0n) is 24.5. The molecule has 3 N–H and O–H groups in total. The van der Waals surface area contributed by atoms with Gasteiger partial charge in [0.2, 0.25) is 0 Å². The molecule has 1 unspecified atom stereocenters. The minimum Gasteiger partial charge on any atom is -0.482 e. The van der Waals surface area contributed by atoms with Crippen LogP contribution in [0, 0.1) is 11.8 Å². The highest BCUT2D eigenvalue weighted by atomic mass is 32.2. The highest BCUT2D eigenvalue weighted by molar-refractivity contribution is 7.90. The fourth-order valence-electron chi connectivity index (χ4n) is 5.04. The number of piperidine rings is 1. The van der Waals surface area contributed by atoms with Crippen molar-refractivity contribution in [1.82, 2.24) is 4.90 Å². The number of β-amino-alcohol motifs (C(OH)–C–C–N with tert-alkyl or cyclic N) is 1. The minimum atomic E-state index is -4.67. The van der Waals surface area contributed by atoms with E-state index in [2.05, 4.69) is 27.4 Å². The molecule has 3 aromatic rings. The van der Waals surface area contributed by atoms with Gasteiger partial charge in [0.05, 0.1) is 44.9 Å². The topological polar surface area (TPSA) is 90.9 Å². The fraction of sp³-hybridized carbons (Fsp3) is 0.467. The number of anilines is 2. The quantitative estimate of drug-likeness (QED) is 0.177. The second-order valence-corrected chi connectivity index (χ2v) is 14.0. The summed E-state index contributed by atoms with van der Waals surface area (Å²) >= 11 is 1.13. The normalized spacial score (nSPS) is 15.8. The molecule has 4 rings (SSSR count). The first kappa shape index (κ1) is 34.7. The molecule has 1 aromatic heterocycles. The molecule has 2 heterocycles. The van der Waals surface area contributed by atoms with Gasteiger partial charge < -0.3 is 25.4 Å². The molecule has 246 valence electrons. The molecule has 0 bridgehead atoms. The molecule has 15 heteroatoms. The maximum atomic E-state index is 13.6. The van der Waals surface area contributed by atoms with Gasteiger partial charge in [-0.3, -0.25) is 0 Å². The Morgan fingerprint density at radius 3 is 2.42 bits per heavy atom. The van der Waals surface area contributed by atoms with E-state index < -0.39 is 41.3 Å². The van der Waals surface area contributed by atoms with Crippen molar-refractivity contribution in [3.05, 3.63) is 46.8 Å². The summed E-state index contributed by atoms with van der Waals surface area (Å²) in [5, 5.41) is 16.3. The predicted molar refractivity (Wildman–Crippen MR) is 163 cm³/mol. The molecule has 45 heavy (non-hydrogen) atoms. The lowest BCUT2D eigenvalue weighted by Crippen LogP contribution is -2.41. The average Bonchev–Trinajstić information content (AvgIpc) is 3.26. The molecule has 2 aromatic carbocycles. The lowest BCUT2D eigenvalue weighted by molar-refractivity contribution is -0.153. The molecule has 1 aliphatic heterocycles. The Balaban J connectivity index is 1.56. The smallest absolute Gasteiger partial charge is 0.422 e. The number of thiophene rings is 1. The van der Waals surface area contributed by atoms with Gasteiger partial charge in [0.25, 0.3) is 0 Å². The van der Waals surface area contributed by atoms with Gasteiger partial charge in [-0.05, 0) is 48.9 Å². The predicted octanol–water partition coefficient (Wildman–Crippen LogP) is 6.07. The summed E-state index contributed by atoms with van der Waals surface area (Å²) in [4.78, 5) is 2.14. The van der Waals surface area contributed by atoms with Gasteiger partial charge in [0.15, 0.2) is 16.4 Å². The number of rotatable bonds is 10. The van der Waals surface area contributed by atoms with Gasteiger partial charge in [-0.25, -0.2) is 8.42 Å². The van der Waals surface area contributed by atoms with E-state index in [1.54, 1.807) is 19.1 Å². The maximum absolute atomic E-state index is 13.6. The van der Waals surface area contributed by atoms with Crippen molar-refractivity contribution >= 4 is 42.6 Å². The van der Waals surface area contributed by atoms with E-state index in [1.165, 1.54) is 12.1 Å². The molecule has 0 aliphatic carbocycles. The summed E-state index contributed by atoms with van der Waals surface area (Å²) < 4.78 is 108. The molecule has 0 saturated carbocycles. The molecular formula is C30H33F6N3O4S2. The minimum absolute atomic E-state index is 0.0390. The highest BCUT2D eigenvalue weighted by Crippen LogP contribution is 2.39. The first-order valence-corrected chi connectivity index (χ1v) is 16.7. The van der Waals surface area contributed by atoms with Crippen LogP contribution < -0.4 is 15.4 Å². The number of fused-ring (bicyclic) bond motifs is 1. The second kappa shape index (κ2) is 14.1. The molecule has 1 saturated heterocycles. The van der Waals surface area contributed by atoms with Crippen LogP contribution in [0.15, 0.2) is 41.3 Å². The van der Waals surface area contributed by atoms with Crippen LogP contribution in [0.5, 0.6) is 5.75 Å². The number of nitrogens with one attached hydrogen (secondary N) is 2. The summed E-state index contributed by atoms with van der Waals surface area (Å²) in [6.45, 7) is 2.06. The van der Waals surface area contributed by atoms with Gasteiger partial charge in [-0.2, -0.15) is 26.3 Å². The van der Waals surface area contributed by atoms with Crippen molar-refractivity contribution in [3.8, 4) is 17.6 Å². The SMILES string of the molecule is CC(O)CN1CCC(Nc2cccc3c(CC(F)(F)F)c(C#CCNc4ccc(S(C)(=O)=O)cc4OCC(F)(F)F)sc23)CC1. The van der Waals surface area contributed by atoms with Crippen LogP contribution >= 0.6 is 11.3 Å². The number of alkyl halides is 6. The van der Waals surface area contributed by atoms with Crippen LogP contribution in [0.25, 0.3) is 10.1 Å². The van der Waals surface area contributed by atoms with E-state index in [9.17, 15) is 39.9 Å². The standard InChI is InChI=1S/C30H33F6N3O4S2/c1-19(40)17-39-13-10-20(11-14-39)38-25-6-3-5-22-23(16-29(31,32)33)27(44-28(22)25)7-4-12-37-24-9-8-21(45(2,41)42)15-26(24)43-18-30(34,35)36/h3,5-6,8-9,15,19-20,37-38,40H,10-14,16-18H2,1-2H3. The Morgan fingerprint density at radius 2 is 1.80 bits per heavy atom. The monoisotopic (exact) mass is 677 g/mol. The third-order valence-corrected chi connectivity index (χ3v) is 9.31. The van der Waals surface area contributed by atoms with E-state index in [4.69, 9.17) is 4.74 Å². The van der Waals surface area contributed by atoms with Gasteiger partial charge in [-0.1, -0.05) is 24.0 Å². The Kier molecular flexibility index (Phi) is 10.8. The average molecular weight is 678 g/mol. The number of ether oxygens (including phenoxy) is 1. The third kappa shape index (κ3) is 10.2. The maximum Gasteiger partial charge on any atom is 0.422 e. The van der Waals surface area contributed by atoms with Crippen molar-refractivity contribution in [2.75, 3.05) is 49.7 Å². The Hall–Kier alpha value is -3.19. The van der Waals surface area contributed by atoms with Crippen molar-refractivity contribution in [2.45, 2.75) is 55.6 Å². The van der Waals surface area contributed by atoms with Crippen LogP contribution in [-0.4, -0.2) is 82.0 Å². The van der Waals surface area contributed by atoms with Gasteiger partial charge in [-0.15, -0.1) is 11.3 Å². The van der Waals surface area contributed by atoms with Crippen LogP contribution in [0.2, 0.25) is 0 Å². The summed E-state index contributed by atoms with van der Waals surface area (Å²) in [6, 6.07) is 8.66. The summed E-state index contributed by atoms with van der Waals surface area (Å²) in [5.74, 6) is 5.18. The lowest BCUT2D eigenvalue weighted by Gasteiger charge is -2.33. The second-order valence-electron chi connectivity index (χ2n) is 10.9. The van der Waals surface area contributed by atoms with Crippen LogP contribution in [0.4, 0.5) is 37.7 Å². The zero-order chi connectivity index (χ0) is 33.0. The van der Waals surface area contributed by atoms with Crippen LogP contribution in [0.3, 0.4) is 0 Å². The number of hydrogen-bond donors (Lipinski definition) is 3. The number of hydrogen-bond acceptors (Lipinski definition) is 8. The van der Waals surface area contributed by atoms with Gasteiger partial charge >= 0.3 is 12.4 Å². The number of aliphatic hydroxyl groups excluding tert-OH is 1. The van der Waals surface area contributed by atoms with E-state index >= 15 is 0 Å². The Bertz CT molecular complexity index is 1650. The molecule has 1 atom stereocenters.